The van der Waals surface area contributed by atoms with Gasteiger partial charge in [-0.15, -0.1) is 0 Å². The van der Waals surface area contributed by atoms with Gasteiger partial charge in [0.25, 0.3) is 0 Å². The van der Waals surface area contributed by atoms with E-state index in [0.29, 0.717) is 10.8 Å². The van der Waals surface area contributed by atoms with E-state index in [4.69, 9.17) is 4.74 Å². The standard InChI is InChI=1S/C5H11N.C5H10O.2C5H12.C4H8S.2C4H10.C3H7N/c2*1-2-4-6-5-3-1;2*1-5(2,3)4;1-2-4-5-3-1;2*1-4(2)3;1-2-4-3-1/h6H,1-5H2;1-5H2;2*1-4H3;1-4H2;2*4H,1-3H3;4H,1-3H2. The second-order valence-electron chi connectivity index (χ2n) is 15.4. The number of piperidine rings is 1. The summed E-state index contributed by atoms with van der Waals surface area (Å²) in [6, 6.07) is 0. The minimum absolute atomic E-state index is 0.500. The maximum Gasteiger partial charge on any atom is 0.0466 e. The Bertz CT molecular complexity index is 316. The Labute approximate surface area is 255 Å². The van der Waals surface area contributed by atoms with Gasteiger partial charge in [-0.2, -0.15) is 11.8 Å². The smallest absolute Gasteiger partial charge is 0.0466 e. The molecule has 4 aliphatic heterocycles. The molecule has 4 heteroatoms. The van der Waals surface area contributed by atoms with Gasteiger partial charge in [0.15, 0.2) is 0 Å². The summed E-state index contributed by atoms with van der Waals surface area (Å²) in [6.45, 7) is 37.5. The first-order valence-corrected chi connectivity index (χ1v) is 17.7. The van der Waals surface area contributed by atoms with Gasteiger partial charge in [0.1, 0.15) is 0 Å². The number of thioether (sulfide) groups is 1. The maximum atomic E-state index is 5.07. The largest absolute Gasteiger partial charge is 0.381 e. The third kappa shape index (κ3) is 111. The van der Waals surface area contributed by atoms with Gasteiger partial charge in [0.2, 0.25) is 0 Å². The molecule has 0 unspecified atom stereocenters. The Morgan fingerprint density at radius 3 is 0.795 bits per heavy atom. The molecule has 4 fully saturated rings. The van der Waals surface area contributed by atoms with Gasteiger partial charge in [-0.1, -0.05) is 103 Å². The van der Waals surface area contributed by atoms with E-state index in [0.717, 1.165) is 25.0 Å². The summed E-state index contributed by atoms with van der Waals surface area (Å²) >= 11 is 2.07. The Morgan fingerprint density at radius 1 is 0.462 bits per heavy atom. The average molecular weight is 577 g/mol. The number of hydrogen-bond acceptors (Lipinski definition) is 4. The van der Waals surface area contributed by atoms with Crippen LogP contribution in [0.1, 0.15) is 155 Å². The topological polar surface area (TPSA) is 33.3 Å². The fraction of sp³-hybridized carbons (Fsp3) is 1.00. The second-order valence-corrected chi connectivity index (χ2v) is 16.6. The van der Waals surface area contributed by atoms with Crippen molar-refractivity contribution >= 4 is 11.8 Å². The summed E-state index contributed by atoms with van der Waals surface area (Å²) in [6.07, 6.45) is 12.5. The maximum absolute atomic E-state index is 5.07. The first-order valence-electron chi connectivity index (χ1n) is 16.5. The van der Waals surface area contributed by atoms with E-state index >= 15 is 0 Å². The fourth-order valence-electron chi connectivity index (χ4n) is 2.18. The van der Waals surface area contributed by atoms with Gasteiger partial charge < -0.3 is 15.4 Å². The molecule has 0 aliphatic carbocycles. The lowest BCUT2D eigenvalue weighted by Crippen LogP contribution is -2.29. The lowest BCUT2D eigenvalue weighted by Gasteiger charge is -2.09. The lowest BCUT2D eigenvalue weighted by atomic mass is 10.0. The third-order valence-electron chi connectivity index (χ3n) is 3.82. The Hall–Kier alpha value is 0.230. The Morgan fingerprint density at radius 2 is 0.718 bits per heavy atom. The monoisotopic (exact) mass is 577 g/mol. The highest BCUT2D eigenvalue weighted by molar-refractivity contribution is 7.99. The first kappa shape index (κ1) is 46.2. The summed E-state index contributed by atoms with van der Waals surface area (Å²) in [5.74, 6) is 4.50. The summed E-state index contributed by atoms with van der Waals surface area (Å²) < 4.78 is 5.07. The molecule has 0 atom stereocenters. The number of ether oxygens (including phenoxy) is 1. The van der Waals surface area contributed by atoms with Crippen molar-refractivity contribution < 1.29 is 4.74 Å². The summed E-state index contributed by atoms with van der Waals surface area (Å²) in [5.41, 5.74) is 1.00. The molecule has 0 bridgehead atoms. The van der Waals surface area contributed by atoms with E-state index in [1.54, 1.807) is 0 Å². The second kappa shape index (κ2) is 34.4. The van der Waals surface area contributed by atoms with Crippen molar-refractivity contribution in [2.24, 2.45) is 22.7 Å². The van der Waals surface area contributed by atoms with E-state index in [1.165, 1.54) is 95.5 Å². The molecule has 0 aromatic rings. The van der Waals surface area contributed by atoms with Crippen LogP contribution in [0.25, 0.3) is 0 Å². The van der Waals surface area contributed by atoms with E-state index in [-0.39, 0.29) is 0 Å². The SMILES string of the molecule is C1CCNCC1.C1CCOCC1.C1CCSC1.C1CNC1.CC(C)(C)C.CC(C)(C)C.CC(C)C.CC(C)C. The number of rotatable bonds is 0. The predicted octanol–water partition coefficient (Wildman–Crippen LogP) is 10.9. The molecule has 2 N–H and O–H groups in total. The van der Waals surface area contributed by atoms with E-state index in [1.807, 2.05) is 0 Å². The van der Waals surface area contributed by atoms with Crippen molar-refractivity contribution in [3.8, 4) is 0 Å². The zero-order valence-corrected chi connectivity index (χ0v) is 30.8. The van der Waals surface area contributed by atoms with Crippen LogP contribution in [0.2, 0.25) is 0 Å². The highest BCUT2D eigenvalue weighted by Gasteiger charge is 1.97. The van der Waals surface area contributed by atoms with Gasteiger partial charge in [0, 0.05) is 13.2 Å². The molecular weight excluding hydrogens is 496 g/mol. The van der Waals surface area contributed by atoms with Crippen molar-refractivity contribution in [1.82, 2.24) is 10.6 Å². The van der Waals surface area contributed by atoms with Crippen LogP contribution < -0.4 is 10.6 Å². The number of nitrogens with one attached hydrogen (secondary N) is 2. The van der Waals surface area contributed by atoms with Crippen LogP contribution >= 0.6 is 11.8 Å². The molecule has 4 saturated heterocycles. The first-order chi connectivity index (χ1) is 18.0. The average Bonchev–Trinajstić information content (AvgIpc) is 3.33. The molecule has 4 heterocycles. The lowest BCUT2D eigenvalue weighted by molar-refractivity contribution is 0.0968. The van der Waals surface area contributed by atoms with Crippen LogP contribution in [0.4, 0.5) is 0 Å². The van der Waals surface area contributed by atoms with Crippen molar-refractivity contribution in [3.63, 3.8) is 0 Å². The van der Waals surface area contributed by atoms with Crippen molar-refractivity contribution in [1.29, 1.82) is 0 Å². The summed E-state index contributed by atoms with van der Waals surface area (Å²) in [7, 11) is 0. The van der Waals surface area contributed by atoms with Crippen molar-refractivity contribution in [3.05, 3.63) is 0 Å². The molecule has 39 heavy (non-hydrogen) atoms. The molecule has 242 valence electrons. The molecule has 4 rings (SSSR count). The highest BCUT2D eigenvalue weighted by Crippen LogP contribution is 2.14. The van der Waals surface area contributed by atoms with Crippen LogP contribution in [0.3, 0.4) is 0 Å². The minimum atomic E-state index is 0.500. The molecule has 0 aromatic heterocycles. The molecule has 0 aromatic carbocycles. The van der Waals surface area contributed by atoms with Crippen LogP contribution in [-0.2, 0) is 4.74 Å². The molecule has 3 nitrogen and oxygen atoms in total. The van der Waals surface area contributed by atoms with Crippen molar-refractivity contribution in [2.45, 2.75) is 155 Å². The van der Waals surface area contributed by atoms with Gasteiger partial charge in [0.05, 0.1) is 0 Å². The highest BCUT2D eigenvalue weighted by atomic mass is 32.2. The van der Waals surface area contributed by atoms with Gasteiger partial charge in [-0.25, -0.2) is 0 Å². The third-order valence-corrected chi connectivity index (χ3v) is 4.97. The molecule has 0 spiro atoms. The van der Waals surface area contributed by atoms with E-state index in [9.17, 15) is 0 Å². The predicted molar refractivity (Wildman–Crippen MR) is 187 cm³/mol. The molecule has 0 saturated carbocycles. The van der Waals surface area contributed by atoms with Crippen LogP contribution in [-0.4, -0.2) is 50.9 Å². The summed E-state index contributed by atoms with van der Waals surface area (Å²) in [4.78, 5) is 0. The number of hydrogen-bond donors (Lipinski definition) is 2. The fourth-order valence-corrected chi connectivity index (χ4v) is 3.20. The molecule has 0 amide bonds. The van der Waals surface area contributed by atoms with E-state index in [2.05, 4.69) is 119 Å². The Kier molecular flexibility index (Phi) is 40.8. The van der Waals surface area contributed by atoms with E-state index < -0.39 is 0 Å². The van der Waals surface area contributed by atoms with Gasteiger partial charge in [-0.3, -0.25) is 0 Å². The van der Waals surface area contributed by atoms with Crippen LogP contribution in [0.5, 0.6) is 0 Å². The zero-order chi connectivity index (χ0) is 31.0. The molecule has 4 aliphatic rings. The normalized spacial score (nSPS) is 17.8. The Balaban J connectivity index is -0.000000181. The molecule has 0 radical (unpaired) electrons. The quantitative estimate of drug-likeness (QED) is 0.300. The molecular formula is C35H80N2OS. The summed E-state index contributed by atoms with van der Waals surface area (Å²) in [5, 5.41) is 6.40. The van der Waals surface area contributed by atoms with Gasteiger partial charge in [-0.05, 0) is 112 Å². The minimum Gasteiger partial charge on any atom is -0.381 e. The van der Waals surface area contributed by atoms with Crippen LogP contribution in [0.15, 0.2) is 0 Å². The van der Waals surface area contributed by atoms with Crippen LogP contribution in [0, 0.1) is 22.7 Å². The zero-order valence-electron chi connectivity index (χ0n) is 30.0. The van der Waals surface area contributed by atoms with Gasteiger partial charge >= 0.3 is 0 Å². The van der Waals surface area contributed by atoms with Crippen molar-refractivity contribution in [2.75, 3.05) is 50.9 Å².